The summed E-state index contributed by atoms with van der Waals surface area (Å²) in [6.45, 7) is 6.43. The lowest BCUT2D eigenvalue weighted by Crippen LogP contribution is -2.24. The maximum atomic E-state index is 13.1. The SMILES string of the molecule is CCC(C)C(=O)C(C(=O)C(C)C)=C(O)c1ccc(C(F)(F)F)nc1COCCOC. The number of aliphatic hydroxyl groups excluding tert-OH is 1. The van der Waals surface area contributed by atoms with Gasteiger partial charge in [-0.25, -0.2) is 4.98 Å². The number of allylic oxidation sites excluding steroid dienone is 1. The number of aromatic nitrogens is 1. The molecule has 0 radical (unpaired) electrons. The molecule has 1 atom stereocenters. The highest BCUT2D eigenvalue weighted by Crippen LogP contribution is 2.31. The largest absolute Gasteiger partial charge is 0.506 e. The van der Waals surface area contributed by atoms with Gasteiger partial charge in [0.15, 0.2) is 11.6 Å². The molecule has 1 heterocycles. The number of halogens is 3. The van der Waals surface area contributed by atoms with Crippen LogP contribution in [0.2, 0.25) is 0 Å². The number of ether oxygens (including phenoxy) is 2. The molecule has 0 aliphatic rings. The minimum atomic E-state index is -4.71. The summed E-state index contributed by atoms with van der Waals surface area (Å²) in [6, 6.07) is 1.69. The zero-order valence-corrected chi connectivity index (χ0v) is 17.8. The van der Waals surface area contributed by atoms with Gasteiger partial charge in [-0.15, -0.1) is 0 Å². The molecule has 0 fully saturated rings. The van der Waals surface area contributed by atoms with E-state index in [9.17, 15) is 27.9 Å². The van der Waals surface area contributed by atoms with Gasteiger partial charge < -0.3 is 14.6 Å². The van der Waals surface area contributed by atoms with Crippen LogP contribution in [-0.2, 0) is 31.8 Å². The fraction of sp³-hybridized carbons (Fsp3) is 0.571. The number of carbonyl (C=O) groups excluding carboxylic acids is 2. The maximum Gasteiger partial charge on any atom is 0.433 e. The number of nitrogens with zero attached hydrogens (tertiary/aromatic N) is 1. The molecule has 1 N–H and O–H groups in total. The van der Waals surface area contributed by atoms with Crippen LogP contribution in [0.1, 0.15) is 51.1 Å². The molecule has 1 unspecified atom stereocenters. The highest BCUT2D eigenvalue weighted by atomic mass is 19.4. The minimum Gasteiger partial charge on any atom is -0.506 e. The quantitative estimate of drug-likeness (QED) is 0.184. The summed E-state index contributed by atoms with van der Waals surface area (Å²) in [7, 11) is 1.44. The van der Waals surface area contributed by atoms with Crippen LogP contribution < -0.4 is 0 Å². The average Bonchev–Trinajstić information content (AvgIpc) is 2.69. The Kier molecular flexibility index (Phi) is 9.64. The number of hydrogen-bond acceptors (Lipinski definition) is 6. The molecule has 0 aliphatic carbocycles. The molecule has 0 saturated heterocycles. The summed E-state index contributed by atoms with van der Waals surface area (Å²) in [4.78, 5) is 29.0. The predicted molar refractivity (Wildman–Crippen MR) is 105 cm³/mol. The van der Waals surface area contributed by atoms with Crippen LogP contribution in [0.4, 0.5) is 13.2 Å². The summed E-state index contributed by atoms with van der Waals surface area (Å²) in [6.07, 6.45) is -4.28. The molecule has 0 aromatic carbocycles. The Morgan fingerprint density at radius 3 is 2.27 bits per heavy atom. The molecular formula is C21H28F3NO5. The van der Waals surface area contributed by atoms with E-state index in [2.05, 4.69) is 4.98 Å². The van der Waals surface area contributed by atoms with E-state index in [-0.39, 0.29) is 31.1 Å². The van der Waals surface area contributed by atoms with Gasteiger partial charge in [-0.2, -0.15) is 13.2 Å². The van der Waals surface area contributed by atoms with Crippen molar-refractivity contribution in [2.24, 2.45) is 11.8 Å². The first kappa shape index (κ1) is 25.8. The highest BCUT2D eigenvalue weighted by molar-refractivity contribution is 6.25. The monoisotopic (exact) mass is 431 g/mol. The number of rotatable bonds is 11. The molecule has 0 saturated carbocycles. The number of methoxy groups -OCH3 is 1. The van der Waals surface area contributed by atoms with Crippen molar-refractivity contribution in [2.75, 3.05) is 20.3 Å². The first-order valence-electron chi connectivity index (χ1n) is 9.61. The van der Waals surface area contributed by atoms with Gasteiger partial charge in [0.1, 0.15) is 17.0 Å². The number of hydrogen-bond donors (Lipinski definition) is 1. The van der Waals surface area contributed by atoms with Crippen LogP contribution in [0.25, 0.3) is 5.76 Å². The van der Waals surface area contributed by atoms with Gasteiger partial charge in [-0.1, -0.05) is 27.7 Å². The number of carbonyl (C=O) groups is 2. The van der Waals surface area contributed by atoms with E-state index < -0.39 is 46.6 Å². The van der Waals surface area contributed by atoms with Crippen molar-refractivity contribution in [3.63, 3.8) is 0 Å². The van der Waals surface area contributed by atoms with Crippen molar-refractivity contribution >= 4 is 17.3 Å². The molecule has 0 aliphatic heterocycles. The molecule has 168 valence electrons. The predicted octanol–water partition coefficient (Wildman–Crippen LogP) is 4.37. The number of alkyl halides is 3. The Morgan fingerprint density at radius 2 is 1.77 bits per heavy atom. The van der Waals surface area contributed by atoms with Crippen molar-refractivity contribution in [3.8, 4) is 0 Å². The van der Waals surface area contributed by atoms with E-state index in [1.54, 1.807) is 27.7 Å². The van der Waals surface area contributed by atoms with Crippen molar-refractivity contribution in [3.05, 3.63) is 34.7 Å². The Hall–Kier alpha value is -2.26. The van der Waals surface area contributed by atoms with Gasteiger partial charge >= 0.3 is 6.18 Å². The Bertz CT molecular complexity index is 787. The molecule has 6 nitrogen and oxygen atoms in total. The smallest absolute Gasteiger partial charge is 0.433 e. The standard InChI is InChI=1S/C21H28F3NO5/c1-6-13(4)19(27)17(18(26)12(2)3)20(28)14-7-8-16(21(22,23)24)25-15(14)11-30-10-9-29-5/h7-8,12-13,28H,6,9-11H2,1-5H3. The first-order valence-corrected chi connectivity index (χ1v) is 9.61. The third-order valence-corrected chi connectivity index (χ3v) is 4.50. The fourth-order valence-corrected chi connectivity index (χ4v) is 2.51. The second-order valence-corrected chi connectivity index (χ2v) is 7.15. The van der Waals surface area contributed by atoms with E-state index in [0.29, 0.717) is 12.5 Å². The molecule has 1 aromatic heterocycles. The average molecular weight is 431 g/mol. The van der Waals surface area contributed by atoms with Crippen molar-refractivity contribution < 1.29 is 37.3 Å². The van der Waals surface area contributed by atoms with Crippen molar-refractivity contribution in [2.45, 2.75) is 46.9 Å². The van der Waals surface area contributed by atoms with Gasteiger partial charge in [0, 0.05) is 24.5 Å². The van der Waals surface area contributed by atoms with Crippen LogP contribution in [-0.4, -0.2) is 42.0 Å². The van der Waals surface area contributed by atoms with Crippen molar-refractivity contribution in [1.29, 1.82) is 0 Å². The molecule has 0 bridgehead atoms. The van der Waals surface area contributed by atoms with Gasteiger partial charge in [0.05, 0.1) is 25.5 Å². The number of ketones is 2. The fourth-order valence-electron chi connectivity index (χ4n) is 2.51. The third-order valence-electron chi connectivity index (χ3n) is 4.50. The number of aliphatic hydroxyl groups is 1. The Morgan fingerprint density at radius 1 is 1.13 bits per heavy atom. The minimum absolute atomic E-state index is 0.0852. The Labute approximate surface area is 174 Å². The number of Topliss-reactive ketones (excluding diaryl/α,β-unsaturated/α-hetero) is 2. The van der Waals surface area contributed by atoms with E-state index in [1.165, 1.54) is 7.11 Å². The van der Waals surface area contributed by atoms with Gasteiger partial charge in [0.2, 0.25) is 0 Å². The van der Waals surface area contributed by atoms with Gasteiger partial charge in [0.25, 0.3) is 0 Å². The Balaban J connectivity index is 3.60. The first-order chi connectivity index (χ1) is 13.9. The molecular weight excluding hydrogens is 403 g/mol. The summed E-state index contributed by atoms with van der Waals surface area (Å²) >= 11 is 0. The molecule has 1 rings (SSSR count). The lowest BCUT2D eigenvalue weighted by Gasteiger charge is -2.17. The summed E-state index contributed by atoms with van der Waals surface area (Å²) in [5, 5.41) is 10.8. The third kappa shape index (κ3) is 6.63. The second kappa shape index (κ2) is 11.2. The zero-order valence-electron chi connectivity index (χ0n) is 17.8. The molecule has 0 spiro atoms. The zero-order chi connectivity index (χ0) is 23.1. The molecule has 9 heteroatoms. The van der Waals surface area contributed by atoms with Crippen LogP contribution in [0.3, 0.4) is 0 Å². The van der Waals surface area contributed by atoms with E-state index in [1.807, 2.05) is 0 Å². The summed E-state index contributed by atoms with van der Waals surface area (Å²) in [5.41, 5.74) is -1.99. The highest BCUT2D eigenvalue weighted by Gasteiger charge is 2.34. The molecule has 1 aromatic rings. The number of pyridine rings is 1. The maximum absolute atomic E-state index is 13.1. The van der Waals surface area contributed by atoms with Crippen LogP contribution in [0, 0.1) is 11.8 Å². The normalized spacial score (nSPS) is 13.9. The van der Waals surface area contributed by atoms with Gasteiger partial charge in [-0.3, -0.25) is 9.59 Å². The molecule has 30 heavy (non-hydrogen) atoms. The topological polar surface area (TPSA) is 85.7 Å². The summed E-state index contributed by atoms with van der Waals surface area (Å²) in [5.74, 6) is -3.00. The molecule has 0 amide bonds. The lowest BCUT2D eigenvalue weighted by atomic mass is 9.88. The van der Waals surface area contributed by atoms with E-state index in [4.69, 9.17) is 9.47 Å². The summed E-state index contributed by atoms with van der Waals surface area (Å²) < 4.78 is 49.4. The van der Waals surface area contributed by atoms with Crippen LogP contribution in [0.15, 0.2) is 17.7 Å². The van der Waals surface area contributed by atoms with Crippen molar-refractivity contribution in [1.82, 2.24) is 4.98 Å². The van der Waals surface area contributed by atoms with E-state index in [0.717, 1.165) is 6.07 Å². The van der Waals surface area contributed by atoms with Crippen LogP contribution >= 0.6 is 0 Å². The van der Waals surface area contributed by atoms with Crippen LogP contribution in [0.5, 0.6) is 0 Å². The lowest BCUT2D eigenvalue weighted by molar-refractivity contribution is -0.141. The second-order valence-electron chi connectivity index (χ2n) is 7.15. The van der Waals surface area contributed by atoms with E-state index >= 15 is 0 Å². The van der Waals surface area contributed by atoms with Gasteiger partial charge in [-0.05, 0) is 18.6 Å².